The van der Waals surface area contributed by atoms with Crippen molar-refractivity contribution in [1.29, 1.82) is 0 Å². The fourth-order valence-corrected chi connectivity index (χ4v) is 0. The van der Waals surface area contributed by atoms with Crippen molar-refractivity contribution < 1.29 is 93.6 Å². The Labute approximate surface area is 157 Å². The van der Waals surface area contributed by atoms with Gasteiger partial charge in [0.1, 0.15) is 0 Å². The van der Waals surface area contributed by atoms with Gasteiger partial charge >= 0.3 is 41.7 Å². The molecule has 0 unspecified atom stereocenters. The number of hydrogen-bond acceptors (Lipinski definition) is 12. The molecular formula is C4H12CeO12S4. The molecule has 0 N–H and O–H groups in total. The van der Waals surface area contributed by atoms with Crippen molar-refractivity contribution in [3.05, 3.63) is 0 Å². The molecule has 0 bridgehead atoms. The molecule has 0 aliphatic rings. The van der Waals surface area contributed by atoms with Crippen LogP contribution in [0.1, 0.15) is 0 Å². The third-order valence-electron chi connectivity index (χ3n) is 0. The molecule has 12 nitrogen and oxygen atoms in total. The normalized spacial score (nSPS) is 11.0. The van der Waals surface area contributed by atoms with Gasteiger partial charge < -0.3 is 18.2 Å². The van der Waals surface area contributed by atoms with E-state index in [0.717, 1.165) is 0 Å². The number of rotatable bonds is 0. The molecule has 0 aliphatic carbocycles. The van der Waals surface area contributed by atoms with Crippen LogP contribution in [0.4, 0.5) is 0 Å². The summed E-state index contributed by atoms with van der Waals surface area (Å²) in [6, 6.07) is 0. The molecule has 0 aromatic heterocycles. The molecule has 0 atom stereocenters. The minimum atomic E-state index is -3.92. The largest absolute Gasteiger partial charge is 4.00 e. The fraction of sp³-hybridized carbons (Fsp3) is 1.00. The molecule has 0 aliphatic heterocycles. The van der Waals surface area contributed by atoms with E-state index in [1.165, 1.54) is 0 Å². The molecular weight excluding hydrogens is 508 g/mol. The van der Waals surface area contributed by atoms with Crippen molar-refractivity contribution in [2.45, 2.75) is 0 Å². The third kappa shape index (κ3) is 7350. The Balaban J connectivity index is -0.0000000533. The van der Waals surface area contributed by atoms with Crippen LogP contribution in [0.5, 0.6) is 0 Å². The summed E-state index contributed by atoms with van der Waals surface area (Å²) in [4.78, 5) is 0. The van der Waals surface area contributed by atoms with Crippen LogP contribution in [-0.2, 0) is 40.5 Å². The van der Waals surface area contributed by atoms with Crippen LogP contribution in [0, 0.1) is 41.7 Å². The second-order valence-electron chi connectivity index (χ2n) is 2.82. The molecule has 0 aromatic rings. The van der Waals surface area contributed by atoms with E-state index in [1.807, 2.05) is 0 Å². The fourth-order valence-electron chi connectivity index (χ4n) is 0. The molecule has 0 rings (SSSR count). The average molecular weight is 521 g/mol. The second kappa shape index (κ2) is 13.5. The Morgan fingerprint density at radius 3 is 0.429 bits per heavy atom. The average Bonchev–Trinajstić information content (AvgIpc) is 1.62. The van der Waals surface area contributed by atoms with Gasteiger partial charge in [-0.1, -0.05) is 0 Å². The van der Waals surface area contributed by atoms with Gasteiger partial charge in [0.25, 0.3) is 0 Å². The first-order valence-corrected chi connectivity index (χ1v) is 10.9. The zero-order chi connectivity index (χ0) is 18.0. The van der Waals surface area contributed by atoms with Gasteiger partial charge in [0.15, 0.2) is 0 Å². The standard InChI is InChI=1S/4CH4O3S.Ce/c4*1-5(2,3)4;/h4*1H3,(H,2,3,4);/q;;;;+4/p-4. The van der Waals surface area contributed by atoms with Crippen LogP contribution in [-0.4, -0.2) is 76.9 Å². The third-order valence-corrected chi connectivity index (χ3v) is 0. The van der Waals surface area contributed by atoms with E-state index in [2.05, 4.69) is 0 Å². The maximum atomic E-state index is 9.08. The molecule has 0 spiro atoms. The Hall–Kier alpha value is 1.02. The second-order valence-corrected chi connectivity index (χ2v) is 8.45. The van der Waals surface area contributed by atoms with Crippen molar-refractivity contribution in [2.24, 2.45) is 0 Å². The van der Waals surface area contributed by atoms with Gasteiger partial charge in [-0.3, -0.25) is 0 Å². The summed E-state index contributed by atoms with van der Waals surface area (Å²) in [5.41, 5.74) is 0. The van der Waals surface area contributed by atoms with Gasteiger partial charge in [0.2, 0.25) is 0 Å². The SMILES string of the molecule is CS(=O)(=O)[O-].CS(=O)(=O)[O-].CS(=O)(=O)[O-].CS(=O)(=O)[O-].[Ce+4]. The molecule has 128 valence electrons. The zero-order valence-corrected chi connectivity index (χ0v) is 17.4. The molecule has 0 aromatic carbocycles. The van der Waals surface area contributed by atoms with Gasteiger partial charge in [-0.15, -0.1) is 0 Å². The van der Waals surface area contributed by atoms with Crippen LogP contribution in [0.25, 0.3) is 0 Å². The zero-order valence-electron chi connectivity index (χ0n) is 11.0. The molecule has 0 fully saturated rings. The Morgan fingerprint density at radius 1 is 0.429 bits per heavy atom. The summed E-state index contributed by atoms with van der Waals surface area (Å²) in [6.45, 7) is 0. The van der Waals surface area contributed by atoms with Gasteiger partial charge in [-0.05, 0) is 0 Å². The first-order valence-electron chi connectivity index (χ1n) is 3.63. The van der Waals surface area contributed by atoms with Gasteiger partial charge in [0, 0.05) is 25.0 Å². The van der Waals surface area contributed by atoms with E-state index < -0.39 is 40.5 Å². The topological polar surface area (TPSA) is 229 Å². The van der Waals surface area contributed by atoms with Gasteiger partial charge in [0.05, 0.1) is 40.5 Å². The minimum absolute atomic E-state index is 0. The molecule has 21 heavy (non-hydrogen) atoms. The summed E-state index contributed by atoms with van der Waals surface area (Å²) in [5.74, 6) is 0. The van der Waals surface area contributed by atoms with Crippen LogP contribution in [0.2, 0.25) is 0 Å². The van der Waals surface area contributed by atoms with Crippen molar-refractivity contribution in [2.75, 3.05) is 25.0 Å². The van der Waals surface area contributed by atoms with Crippen LogP contribution < -0.4 is 0 Å². The predicted molar refractivity (Wildman–Crippen MR) is 62.5 cm³/mol. The van der Waals surface area contributed by atoms with Crippen LogP contribution in [0.3, 0.4) is 0 Å². The van der Waals surface area contributed by atoms with E-state index in [9.17, 15) is 0 Å². The van der Waals surface area contributed by atoms with Crippen molar-refractivity contribution in [3.63, 3.8) is 0 Å². The van der Waals surface area contributed by atoms with Gasteiger partial charge in [-0.2, -0.15) is 0 Å². The minimum Gasteiger partial charge on any atom is -0.748 e. The smallest absolute Gasteiger partial charge is 0.748 e. The summed E-state index contributed by atoms with van der Waals surface area (Å²) < 4.78 is 109. The summed E-state index contributed by atoms with van der Waals surface area (Å²) in [7, 11) is -15.7. The maximum Gasteiger partial charge on any atom is 4.00 e. The van der Waals surface area contributed by atoms with E-state index in [0.29, 0.717) is 25.0 Å². The Morgan fingerprint density at radius 2 is 0.429 bits per heavy atom. The van der Waals surface area contributed by atoms with Crippen molar-refractivity contribution in [3.8, 4) is 0 Å². The van der Waals surface area contributed by atoms with E-state index >= 15 is 0 Å². The van der Waals surface area contributed by atoms with Crippen LogP contribution in [0.15, 0.2) is 0 Å². The van der Waals surface area contributed by atoms with Gasteiger partial charge in [-0.25, -0.2) is 33.7 Å². The van der Waals surface area contributed by atoms with Crippen molar-refractivity contribution in [1.82, 2.24) is 0 Å². The quantitative estimate of drug-likeness (QED) is 0.285. The molecule has 0 heterocycles. The van der Waals surface area contributed by atoms with E-state index in [4.69, 9.17) is 51.9 Å². The monoisotopic (exact) mass is 520 g/mol. The molecule has 0 saturated carbocycles. The van der Waals surface area contributed by atoms with Crippen molar-refractivity contribution >= 4 is 40.5 Å². The van der Waals surface area contributed by atoms with E-state index in [-0.39, 0.29) is 41.7 Å². The predicted octanol–water partition coefficient (Wildman–Crippen LogP) is -3.35. The first-order chi connectivity index (χ1) is 8.00. The molecule has 0 radical (unpaired) electrons. The van der Waals surface area contributed by atoms with Crippen LogP contribution >= 0.6 is 0 Å². The number of hydrogen-bond donors (Lipinski definition) is 0. The molecule has 0 amide bonds. The summed E-state index contributed by atoms with van der Waals surface area (Å²) >= 11 is 0. The molecule has 17 heteroatoms. The first kappa shape index (κ1) is 33.6. The Bertz CT molecular complexity index is 486. The maximum absolute atomic E-state index is 9.08. The molecule has 0 saturated heterocycles. The van der Waals surface area contributed by atoms with E-state index in [1.54, 1.807) is 0 Å². The Kier molecular flexibility index (Phi) is 21.5. The summed E-state index contributed by atoms with van der Waals surface area (Å²) in [5, 5.41) is 0. The summed E-state index contributed by atoms with van der Waals surface area (Å²) in [6.07, 6.45) is 2.42.